The van der Waals surface area contributed by atoms with Gasteiger partial charge in [-0.2, -0.15) is 12.6 Å². The highest BCUT2D eigenvalue weighted by Gasteiger charge is 2.07. The van der Waals surface area contributed by atoms with Crippen molar-refractivity contribution < 1.29 is 0 Å². The van der Waals surface area contributed by atoms with Gasteiger partial charge in [-0.15, -0.1) is 0 Å². The fraction of sp³-hybridized carbons (Fsp3) is 1.00. The Morgan fingerprint density at radius 3 is 1.50 bits per heavy atom. The van der Waals surface area contributed by atoms with E-state index in [1.165, 1.54) is 0 Å². The molecule has 0 aromatic rings. The Bertz CT molecular complexity index is 37.3. The molecular weight excluding hydrogens is 108 g/mol. The van der Waals surface area contributed by atoms with Gasteiger partial charge >= 0.3 is 0 Å². The summed E-state index contributed by atoms with van der Waals surface area (Å²) in [7, 11) is -0.767. The lowest BCUT2D eigenvalue weighted by molar-refractivity contribution is 1.68. The van der Waals surface area contributed by atoms with Crippen LogP contribution in [0, 0.1) is 0 Å². The summed E-state index contributed by atoms with van der Waals surface area (Å²) >= 11 is 4.16. The van der Waals surface area contributed by atoms with E-state index in [0.717, 1.165) is 5.38 Å². The van der Waals surface area contributed by atoms with Crippen LogP contribution in [-0.4, -0.2) is 13.5 Å². The van der Waals surface area contributed by atoms with Crippen molar-refractivity contribution in [3.63, 3.8) is 0 Å². The van der Waals surface area contributed by atoms with Crippen molar-refractivity contribution in [2.45, 2.75) is 19.6 Å². The first-order valence-electron chi connectivity index (χ1n) is 2.17. The molecule has 0 aliphatic carbocycles. The van der Waals surface area contributed by atoms with E-state index in [0.29, 0.717) is 0 Å². The Labute approximate surface area is 46.4 Å². The molecule has 0 aromatic heterocycles. The molecule has 0 aliphatic heterocycles. The van der Waals surface area contributed by atoms with Gasteiger partial charge in [0, 0.05) is 0 Å². The largest absolute Gasteiger partial charge is 0.182 e. The minimum Gasteiger partial charge on any atom is -0.182 e. The Morgan fingerprint density at radius 2 is 1.50 bits per heavy atom. The maximum atomic E-state index is 4.16. The molecule has 0 rings (SSSR count). The first-order valence-corrected chi connectivity index (χ1v) is 6.51. The zero-order chi connectivity index (χ0) is 5.21. The Kier molecular flexibility index (Phi) is 2.22. The number of hydrogen-bond acceptors (Lipinski definition) is 1. The molecule has 0 spiro atoms. The first-order chi connectivity index (χ1) is 2.56. The van der Waals surface area contributed by atoms with E-state index in [1.54, 1.807) is 0 Å². The van der Waals surface area contributed by atoms with Crippen molar-refractivity contribution in [2.75, 3.05) is 5.38 Å². The fourth-order valence-electron chi connectivity index (χ4n) is 0. The van der Waals surface area contributed by atoms with Crippen LogP contribution in [0.1, 0.15) is 0 Å². The van der Waals surface area contributed by atoms with Crippen LogP contribution < -0.4 is 0 Å². The van der Waals surface area contributed by atoms with Gasteiger partial charge in [0.2, 0.25) is 0 Å². The lowest BCUT2D eigenvalue weighted by Gasteiger charge is -2.08. The lowest BCUT2D eigenvalue weighted by atomic mass is 11.8. The molecule has 0 nitrogen and oxygen atoms in total. The Balaban J connectivity index is 3.17. The fourth-order valence-corrected chi connectivity index (χ4v) is 0. The molecule has 0 aromatic carbocycles. The maximum absolute atomic E-state index is 4.16. The highest BCUT2D eigenvalue weighted by Crippen LogP contribution is 2.00. The summed E-state index contributed by atoms with van der Waals surface area (Å²) in [6, 6.07) is 0. The van der Waals surface area contributed by atoms with E-state index in [1.807, 2.05) is 0 Å². The topological polar surface area (TPSA) is 0 Å². The first kappa shape index (κ1) is 6.57. The standard InChI is InChI=1S/C4H12SSi/c1-6(2,3)4-5/h5H,4H2,1-3H3. The molecule has 0 amide bonds. The SMILES string of the molecule is C[Si](C)(C)CS. The summed E-state index contributed by atoms with van der Waals surface area (Å²) in [5.74, 6) is 0. The van der Waals surface area contributed by atoms with E-state index in [9.17, 15) is 0 Å². The number of rotatable bonds is 1. The monoisotopic (exact) mass is 120 g/mol. The molecule has 0 aliphatic rings. The summed E-state index contributed by atoms with van der Waals surface area (Å²) in [6.07, 6.45) is 0. The van der Waals surface area contributed by atoms with Gasteiger partial charge in [-0.3, -0.25) is 0 Å². The highest BCUT2D eigenvalue weighted by molar-refractivity contribution is 7.82. The Morgan fingerprint density at radius 1 is 1.33 bits per heavy atom. The zero-order valence-electron chi connectivity index (χ0n) is 4.65. The molecule has 0 saturated heterocycles. The van der Waals surface area contributed by atoms with Gasteiger partial charge < -0.3 is 0 Å². The number of hydrogen-bond donors (Lipinski definition) is 1. The van der Waals surface area contributed by atoms with Crippen molar-refractivity contribution in [1.29, 1.82) is 0 Å². The Hall–Kier alpha value is 0.567. The molecule has 6 heavy (non-hydrogen) atoms. The third-order valence-corrected chi connectivity index (χ3v) is 4.27. The molecule has 2 heteroatoms. The number of thiol groups is 1. The quantitative estimate of drug-likeness (QED) is 0.396. The minimum atomic E-state index is -0.767. The zero-order valence-corrected chi connectivity index (χ0v) is 6.55. The van der Waals surface area contributed by atoms with Crippen LogP contribution >= 0.6 is 12.6 Å². The van der Waals surface area contributed by atoms with E-state index < -0.39 is 8.07 Å². The van der Waals surface area contributed by atoms with Gasteiger partial charge in [-0.1, -0.05) is 19.6 Å². The normalized spacial score (nSPS) is 12.0. The second kappa shape index (κ2) is 2.03. The third kappa shape index (κ3) is 4.57. The third-order valence-electron chi connectivity index (χ3n) is 0.474. The van der Waals surface area contributed by atoms with E-state index in [2.05, 4.69) is 32.3 Å². The second-order valence-corrected chi connectivity index (χ2v) is 9.11. The van der Waals surface area contributed by atoms with Gasteiger partial charge in [-0.25, -0.2) is 0 Å². The van der Waals surface area contributed by atoms with Crippen LogP contribution in [0.3, 0.4) is 0 Å². The minimum absolute atomic E-state index is 0.767. The van der Waals surface area contributed by atoms with Crippen LogP contribution in [0.15, 0.2) is 0 Å². The molecular formula is C4H12SSi. The molecule has 0 unspecified atom stereocenters. The van der Waals surface area contributed by atoms with Crippen molar-refractivity contribution in [1.82, 2.24) is 0 Å². The van der Waals surface area contributed by atoms with E-state index >= 15 is 0 Å². The summed E-state index contributed by atoms with van der Waals surface area (Å²) in [5, 5.41) is 1.10. The van der Waals surface area contributed by atoms with E-state index in [-0.39, 0.29) is 0 Å². The van der Waals surface area contributed by atoms with Crippen LogP contribution in [0.4, 0.5) is 0 Å². The highest BCUT2D eigenvalue weighted by atomic mass is 32.1. The van der Waals surface area contributed by atoms with Crippen molar-refractivity contribution >= 4 is 20.7 Å². The van der Waals surface area contributed by atoms with Crippen molar-refractivity contribution in [3.8, 4) is 0 Å². The molecule has 0 bridgehead atoms. The summed E-state index contributed by atoms with van der Waals surface area (Å²) in [4.78, 5) is 0. The van der Waals surface area contributed by atoms with Crippen LogP contribution in [0.25, 0.3) is 0 Å². The molecule has 0 N–H and O–H groups in total. The summed E-state index contributed by atoms with van der Waals surface area (Å²) in [5.41, 5.74) is 0. The van der Waals surface area contributed by atoms with Crippen molar-refractivity contribution in [2.24, 2.45) is 0 Å². The predicted octanol–water partition coefficient (Wildman–Crippen LogP) is 1.79. The second-order valence-electron chi connectivity index (χ2n) is 2.72. The summed E-state index contributed by atoms with van der Waals surface area (Å²) < 4.78 is 0. The van der Waals surface area contributed by atoms with Crippen LogP contribution in [0.2, 0.25) is 19.6 Å². The van der Waals surface area contributed by atoms with Crippen LogP contribution in [-0.2, 0) is 0 Å². The predicted molar refractivity (Wildman–Crippen MR) is 37.2 cm³/mol. The van der Waals surface area contributed by atoms with E-state index in [4.69, 9.17) is 0 Å². The molecule has 38 valence electrons. The summed E-state index contributed by atoms with van der Waals surface area (Å²) in [6.45, 7) is 6.92. The van der Waals surface area contributed by atoms with Gasteiger partial charge in [0.1, 0.15) is 0 Å². The van der Waals surface area contributed by atoms with Crippen LogP contribution in [0.5, 0.6) is 0 Å². The van der Waals surface area contributed by atoms with Crippen molar-refractivity contribution in [3.05, 3.63) is 0 Å². The molecule has 0 atom stereocenters. The van der Waals surface area contributed by atoms with Gasteiger partial charge in [0.15, 0.2) is 0 Å². The molecule has 0 saturated carbocycles. The molecule has 0 heterocycles. The molecule has 0 fully saturated rings. The van der Waals surface area contributed by atoms with Gasteiger partial charge in [0.05, 0.1) is 8.07 Å². The average Bonchev–Trinajstić information content (AvgIpc) is 1.35. The van der Waals surface area contributed by atoms with Gasteiger partial charge in [0.25, 0.3) is 0 Å². The smallest absolute Gasteiger partial charge is 0.0544 e. The molecule has 0 radical (unpaired) electrons. The average molecular weight is 120 g/mol. The maximum Gasteiger partial charge on any atom is 0.0544 e. The van der Waals surface area contributed by atoms with Gasteiger partial charge in [-0.05, 0) is 5.38 Å². The lowest BCUT2D eigenvalue weighted by Crippen LogP contribution is -2.21.